The van der Waals surface area contributed by atoms with Crippen LogP contribution in [0, 0.1) is 5.82 Å². The molecule has 0 unspecified atom stereocenters. The van der Waals surface area contributed by atoms with E-state index in [0.29, 0.717) is 22.2 Å². The lowest BCUT2D eigenvalue weighted by Crippen LogP contribution is -2.34. The first-order valence-electron chi connectivity index (χ1n) is 8.84. The highest BCUT2D eigenvalue weighted by molar-refractivity contribution is 6.31. The second kappa shape index (κ2) is 7.53. The molecular weight excluding hydrogens is 367 g/mol. The van der Waals surface area contributed by atoms with Crippen LogP contribution < -0.4 is 0 Å². The Hall–Kier alpha value is -2.66. The number of aromatic nitrogens is 1. The molecule has 1 aliphatic rings. The minimum absolute atomic E-state index is 0.107. The Balaban J connectivity index is 1.50. The van der Waals surface area contributed by atoms with Gasteiger partial charge in [0.1, 0.15) is 12.1 Å². The quantitative estimate of drug-likeness (QED) is 0.609. The van der Waals surface area contributed by atoms with E-state index in [-0.39, 0.29) is 24.9 Å². The Kier molecular flexibility index (Phi) is 4.94. The number of hydrogen-bond acceptors (Lipinski definition) is 3. The first kappa shape index (κ1) is 17.7. The molecule has 1 amide bonds. The molecule has 0 radical (unpaired) electrons. The summed E-state index contributed by atoms with van der Waals surface area (Å²) >= 11 is 6.13. The van der Waals surface area contributed by atoms with E-state index in [0.717, 1.165) is 18.4 Å². The Morgan fingerprint density at radius 3 is 2.67 bits per heavy atom. The highest BCUT2D eigenvalue weighted by Crippen LogP contribution is 2.31. The normalized spacial score (nSPS) is 13.6. The van der Waals surface area contributed by atoms with Crippen LogP contribution in [-0.2, 0) is 17.8 Å². The third-order valence-electron chi connectivity index (χ3n) is 4.60. The SMILES string of the molecule is O=C(Cc1coc(-c2ccccc2)n1)N(Cc1c(F)cccc1Cl)C1CC1. The Morgan fingerprint density at radius 1 is 1.19 bits per heavy atom. The van der Waals surface area contributed by atoms with Crippen molar-refractivity contribution in [2.24, 2.45) is 0 Å². The van der Waals surface area contributed by atoms with Crippen LogP contribution in [0.4, 0.5) is 4.39 Å². The van der Waals surface area contributed by atoms with Crippen molar-refractivity contribution in [3.63, 3.8) is 0 Å². The third kappa shape index (κ3) is 4.03. The lowest BCUT2D eigenvalue weighted by Gasteiger charge is -2.23. The first-order valence-corrected chi connectivity index (χ1v) is 9.22. The molecule has 4 rings (SSSR count). The largest absolute Gasteiger partial charge is 0.444 e. The highest BCUT2D eigenvalue weighted by Gasteiger charge is 2.33. The number of rotatable bonds is 6. The Labute approximate surface area is 161 Å². The molecule has 6 heteroatoms. The summed E-state index contributed by atoms with van der Waals surface area (Å²) in [5.41, 5.74) is 1.77. The van der Waals surface area contributed by atoms with E-state index in [4.69, 9.17) is 16.0 Å². The smallest absolute Gasteiger partial charge is 0.229 e. The van der Waals surface area contributed by atoms with Crippen molar-refractivity contribution < 1.29 is 13.6 Å². The molecule has 1 heterocycles. The van der Waals surface area contributed by atoms with Gasteiger partial charge in [0.05, 0.1) is 18.7 Å². The number of carbonyl (C=O) groups is 1. The van der Waals surface area contributed by atoms with E-state index < -0.39 is 5.82 Å². The molecule has 1 aliphatic carbocycles. The maximum absolute atomic E-state index is 14.1. The molecule has 1 aromatic heterocycles. The number of oxazole rings is 1. The molecule has 4 nitrogen and oxygen atoms in total. The third-order valence-corrected chi connectivity index (χ3v) is 4.96. The number of benzene rings is 2. The van der Waals surface area contributed by atoms with Gasteiger partial charge in [0.25, 0.3) is 0 Å². The summed E-state index contributed by atoms with van der Waals surface area (Å²) < 4.78 is 19.6. The molecule has 0 aliphatic heterocycles. The molecule has 0 saturated heterocycles. The zero-order valence-electron chi connectivity index (χ0n) is 14.6. The van der Waals surface area contributed by atoms with Crippen molar-refractivity contribution in [3.8, 4) is 11.5 Å². The van der Waals surface area contributed by atoms with Gasteiger partial charge in [-0.25, -0.2) is 9.37 Å². The molecule has 0 N–H and O–H groups in total. The predicted molar refractivity (Wildman–Crippen MR) is 101 cm³/mol. The van der Waals surface area contributed by atoms with Gasteiger partial charge < -0.3 is 9.32 Å². The monoisotopic (exact) mass is 384 g/mol. The Bertz CT molecular complexity index is 934. The van der Waals surface area contributed by atoms with Crippen molar-refractivity contribution in [3.05, 3.63) is 76.9 Å². The molecule has 1 saturated carbocycles. The summed E-state index contributed by atoms with van der Waals surface area (Å²) in [6.07, 6.45) is 3.46. The fourth-order valence-corrected chi connectivity index (χ4v) is 3.24. The van der Waals surface area contributed by atoms with Crippen LogP contribution in [0.15, 0.2) is 59.2 Å². The fourth-order valence-electron chi connectivity index (χ4n) is 3.02. The molecule has 2 aromatic carbocycles. The van der Waals surface area contributed by atoms with Crippen LogP contribution in [-0.4, -0.2) is 21.8 Å². The van der Waals surface area contributed by atoms with Crippen molar-refractivity contribution >= 4 is 17.5 Å². The van der Waals surface area contributed by atoms with Gasteiger partial charge in [0, 0.05) is 22.2 Å². The molecule has 0 bridgehead atoms. The van der Waals surface area contributed by atoms with Crippen molar-refractivity contribution in [2.45, 2.75) is 31.8 Å². The van der Waals surface area contributed by atoms with Gasteiger partial charge in [-0.1, -0.05) is 35.9 Å². The lowest BCUT2D eigenvalue weighted by molar-refractivity contribution is -0.131. The maximum atomic E-state index is 14.1. The van der Waals surface area contributed by atoms with Crippen LogP contribution in [0.1, 0.15) is 24.1 Å². The molecular formula is C21H18ClFN2O2. The van der Waals surface area contributed by atoms with E-state index >= 15 is 0 Å². The standard InChI is InChI=1S/C21H18ClFN2O2/c22-18-7-4-8-19(23)17(18)12-25(16-9-10-16)20(26)11-15-13-27-21(24-15)14-5-2-1-3-6-14/h1-8,13,16H,9-12H2. The van der Waals surface area contributed by atoms with Gasteiger partial charge >= 0.3 is 0 Å². The van der Waals surface area contributed by atoms with Crippen LogP contribution in [0.3, 0.4) is 0 Å². The zero-order chi connectivity index (χ0) is 18.8. The van der Waals surface area contributed by atoms with Crippen LogP contribution in [0.2, 0.25) is 5.02 Å². The highest BCUT2D eigenvalue weighted by atomic mass is 35.5. The molecule has 0 atom stereocenters. The Morgan fingerprint density at radius 2 is 1.96 bits per heavy atom. The molecule has 3 aromatic rings. The predicted octanol–water partition coefficient (Wildman–Crippen LogP) is 4.87. The first-order chi connectivity index (χ1) is 13.1. The van der Waals surface area contributed by atoms with Crippen LogP contribution >= 0.6 is 11.6 Å². The van der Waals surface area contributed by atoms with E-state index in [1.165, 1.54) is 12.3 Å². The van der Waals surface area contributed by atoms with Crippen LogP contribution in [0.25, 0.3) is 11.5 Å². The average molecular weight is 385 g/mol. The topological polar surface area (TPSA) is 46.3 Å². The van der Waals surface area contributed by atoms with Crippen molar-refractivity contribution in [1.29, 1.82) is 0 Å². The summed E-state index contributed by atoms with van der Waals surface area (Å²) in [5.74, 6) is -0.0213. The van der Waals surface area contributed by atoms with Gasteiger partial charge in [-0.2, -0.15) is 0 Å². The summed E-state index contributed by atoms with van der Waals surface area (Å²) in [5, 5.41) is 0.334. The number of hydrogen-bond donors (Lipinski definition) is 0. The maximum Gasteiger partial charge on any atom is 0.229 e. The second-order valence-corrected chi connectivity index (χ2v) is 7.05. The van der Waals surface area contributed by atoms with Gasteiger partial charge in [0.15, 0.2) is 0 Å². The second-order valence-electron chi connectivity index (χ2n) is 6.64. The van der Waals surface area contributed by atoms with E-state index in [9.17, 15) is 9.18 Å². The average Bonchev–Trinajstić information content (AvgIpc) is 3.40. The molecule has 138 valence electrons. The summed E-state index contributed by atoms with van der Waals surface area (Å²) in [7, 11) is 0. The summed E-state index contributed by atoms with van der Waals surface area (Å²) in [4.78, 5) is 19.0. The molecule has 27 heavy (non-hydrogen) atoms. The number of amides is 1. The summed E-state index contributed by atoms with van der Waals surface area (Å²) in [6, 6.07) is 14.2. The molecule has 0 spiro atoms. The van der Waals surface area contributed by atoms with Gasteiger partial charge in [-0.15, -0.1) is 0 Å². The number of carbonyl (C=O) groups excluding carboxylic acids is 1. The summed E-state index contributed by atoms with van der Waals surface area (Å²) in [6.45, 7) is 0.165. The van der Waals surface area contributed by atoms with Crippen LogP contribution in [0.5, 0.6) is 0 Å². The van der Waals surface area contributed by atoms with E-state index in [1.54, 1.807) is 17.0 Å². The fraction of sp³-hybridized carbons (Fsp3) is 0.238. The lowest BCUT2D eigenvalue weighted by atomic mass is 10.1. The van der Waals surface area contributed by atoms with Crippen molar-refractivity contribution in [1.82, 2.24) is 9.88 Å². The number of halogens is 2. The van der Waals surface area contributed by atoms with Gasteiger partial charge in [-0.05, 0) is 37.1 Å². The minimum Gasteiger partial charge on any atom is -0.444 e. The van der Waals surface area contributed by atoms with E-state index in [1.807, 2.05) is 30.3 Å². The van der Waals surface area contributed by atoms with Gasteiger partial charge in [-0.3, -0.25) is 4.79 Å². The minimum atomic E-state index is -0.395. The van der Waals surface area contributed by atoms with Crippen molar-refractivity contribution in [2.75, 3.05) is 0 Å². The molecule has 1 fully saturated rings. The zero-order valence-corrected chi connectivity index (χ0v) is 15.3. The van der Waals surface area contributed by atoms with E-state index in [2.05, 4.69) is 4.98 Å². The number of nitrogens with zero attached hydrogens (tertiary/aromatic N) is 2. The van der Waals surface area contributed by atoms with Gasteiger partial charge in [0.2, 0.25) is 11.8 Å².